The van der Waals surface area contributed by atoms with Crippen LogP contribution in [0.25, 0.3) is 0 Å². The number of carbonyl (C=O) groups excluding carboxylic acids is 1. The number of nitrogens with zero attached hydrogens (tertiary/aromatic N) is 1. The average molecular weight is 263 g/mol. The topological polar surface area (TPSA) is 71.9 Å². The molecule has 0 bridgehead atoms. The van der Waals surface area contributed by atoms with Crippen molar-refractivity contribution in [3.8, 4) is 0 Å². The summed E-state index contributed by atoms with van der Waals surface area (Å²) in [5.41, 5.74) is -1.10. The molecule has 0 aliphatic heterocycles. The lowest BCUT2D eigenvalue weighted by Gasteiger charge is -1.97. The lowest BCUT2D eigenvalue weighted by molar-refractivity contribution is -0.108. The number of hydrogen-bond donors (Lipinski definition) is 1. The molecule has 1 N–H and O–H groups in total. The molecule has 0 saturated heterocycles. The van der Waals surface area contributed by atoms with Crippen molar-refractivity contribution in [1.29, 1.82) is 0 Å². The van der Waals surface area contributed by atoms with Gasteiger partial charge in [-0.3, -0.25) is 9.36 Å². The van der Waals surface area contributed by atoms with E-state index in [0.29, 0.717) is 6.29 Å². The van der Waals surface area contributed by atoms with E-state index in [1.54, 1.807) is 0 Å². The van der Waals surface area contributed by atoms with Gasteiger partial charge in [-0.2, -0.15) is 0 Å². The smallest absolute Gasteiger partial charge is 0.313 e. The van der Waals surface area contributed by atoms with Gasteiger partial charge in [0.2, 0.25) is 0 Å². The molecule has 0 aliphatic rings. The first-order chi connectivity index (χ1) is 6.66. The molecule has 0 aromatic carbocycles. The van der Waals surface area contributed by atoms with Crippen molar-refractivity contribution in [2.75, 3.05) is 0 Å². The largest absolute Gasteiger partial charge is 0.328 e. The molecule has 1 rings (SSSR count). The normalized spacial score (nSPS) is 8.79. The number of halogens is 1. The van der Waals surface area contributed by atoms with E-state index >= 15 is 0 Å². The fourth-order valence-electron chi connectivity index (χ4n) is 0.726. The van der Waals surface area contributed by atoms with Gasteiger partial charge in [-0.15, -0.1) is 0 Å². The molecule has 0 radical (unpaired) electrons. The summed E-state index contributed by atoms with van der Waals surface area (Å²) in [4.78, 5) is 34.4. The van der Waals surface area contributed by atoms with Crippen molar-refractivity contribution in [3.05, 3.63) is 31.5 Å². The Labute approximate surface area is 88.9 Å². The Balaban J connectivity index is 0.000000791. The first kappa shape index (κ1) is 12.8. The van der Waals surface area contributed by atoms with Crippen LogP contribution < -0.4 is 11.2 Å². The molecule has 0 atom stereocenters. The fraction of sp³-hybridized carbons (Fsp3) is 0.375. The van der Waals surface area contributed by atoms with Crippen LogP contribution in [0.5, 0.6) is 0 Å². The van der Waals surface area contributed by atoms with E-state index < -0.39 is 11.2 Å². The molecule has 0 fully saturated rings. The van der Waals surface area contributed by atoms with Crippen LogP contribution in [-0.4, -0.2) is 15.8 Å². The number of rotatable bonds is 2. The predicted octanol–water partition coefficient (Wildman–Crippen LogP) is 0.524. The van der Waals surface area contributed by atoms with Gasteiger partial charge in [0.05, 0.1) is 11.0 Å². The summed E-state index contributed by atoms with van der Waals surface area (Å²) in [6, 6.07) is 0. The van der Waals surface area contributed by atoms with Crippen LogP contribution in [0, 0.1) is 0 Å². The van der Waals surface area contributed by atoms with Gasteiger partial charge < -0.3 is 9.78 Å². The summed E-state index contributed by atoms with van der Waals surface area (Å²) >= 11 is 2.93. The van der Waals surface area contributed by atoms with Crippen molar-refractivity contribution in [2.24, 2.45) is 0 Å². The molecule has 5 nitrogen and oxygen atoms in total. The Morgan fingerprint density at radius 2 is 2.07 bits per heavy atom. The van der Waals surface area contributed by atoms with Gasteiger partial charge in [-0.1, -0.05) is 13.8 Å². The quantitative estimate of drug-likeness (QED) is 0.791. The van der Waals surface area contributed by atoms with Crippen LogP contribution in [0.1, 0.15) is 13.8 Å². The van der Waals surface area contributed by atoms with Crippen LogP contribution in [0.2, 0.25) is 0 Å². The molecule has 0 unspecified atom stereocenters. The van der Waals surface area contributed by atoms with Crippen LogP contribution in [0.4, 0.5) is 0 Å². The number of hydrogen-bond acceptors (Lipinski definition) is 3. The second-order valence-electron chi connectivity index (χ2n) is 2.02. The fourth-order valence-corrected chi connectivity index (χ4v) is 1.05. The van der Waals surface area contributed by atoms with E-state index in [0.717, 1.165) is 4.57 Å². The molecule has 0 saturated carbocycles. The molecule has 14 heavy (non-hydrogen) atoms. The summed E-state index contributed by atoms with van der Waals surface area (Å²) in [5, 5.41) is 0. The summed E-state index contributed by atoms with van der Waals surface area (Å²) in [6.07, 6.45) is 1.73. The number of aromatic amines is 1. The maximum absolute atomic E-state index is 11.1. The minimum absolute atomic E-state index is 0.226. The number of H-pyrrole nitrogens is 1. The van der Waals surface area contributed by atoms with Gasteiger partial charge in [0.1, 0.15) is 6.29 Å². The van der Waals surface area contributed by atoms with E-state index in [1.807, 2.05) is 13.8 Å². The minimum atomic E-state index is -0.588. The summed E-state index contributed by atoms with van der Waals surface area (Å²) < 4.78 is 1.03. The molecule has 1 aromatic rings. The first-order valence-corrected chi connectivity index (χ1v) is 4.87. The maximum Gasteiger partial charge on any atom is 0.328 e. The third kappa shape index (κ3) is 2.95. The highest BCUT2D eigenvalue weighted by Crippen LogP contribution is 1.95. The van der Waals surface area contributed by atoms with Gasteiger partial charge in [0.15, 0.2) is 0 Å². The Kier molecular flexibility index (Phi) is 5.78. The molecule has 0 aliphatic carbocycles. The van der Waals surface area contributed by atoms with Crippen LogP contribution in [0.15, 0.2) is 20.3 Å². The maximum atomic E-state index is 11.1. The molecule has 6 heteroatoms. The van der Waals surface area contributed by atoms with Crippen molar-refractivity contribution in [2.45, 2.75) is 20.4 Å². The lowest BCUT2D eigenvalue weighted by atomic mass is 10.6. The van der Waals surface area contributed by atoms with Gasteiger partial charge >= 0.3 is 5.69 Å². The highest BCUT2D eigenvalue weighted by Gasteiger charge is 2.02. The molecule has 78 valence electrons. The van der Waals surface area contributed by atoms with Crippen molar-refractivity contribution in [3.63, 3.8) is 0 Å². The molecular weight excluding hydrogens is 252 g/mol. The molecule has 1 heterocycles. The lowest BCUT2D eigenvalue weighted by Crippen LogP contribution is -2.35. The number of aromatic nitrogens is 2. The standard InChI is InChI=1S/C6H5BrN2O3.C2H6/c7-4-3-8-6(12)9(1-2-10)5(4)11;1-2/h2-3H,1H2,(H,8,12);1-2H3. The molecule has 0 amide bonds. The van der Waals surface area contributed by atoms with Gasteiger partial charge in [0, 0.05) is 6.20 Å². The van der Waals surface area contributed by atoms with Crippen molar-refractivity contribution >= 4 is 22.2 Å². The Hall–Kier alpha value is -1.17. The monoisotopic (exact) mass is 262 g/mol. The Morgan fingerprint density at radius 3 is 2.57 bits per heavy atom. The number of carbonyl (C=O) groups is 1. The van der Waals surface area contributed by atoms with E-state index in [4.69, 9.17) is 0 Å². The van der Waals surface area contributed by atoms with E-state index in [-0.39, 0.29) is 11.0 Å². The first-order valence-electron chi connectivity index (χ1n) is 4.08. The summed E-state index contributed by atoms with van der Waals surface area (Å²) in [7, 11) is 0. The van der Waals surface area contributed by atoms with Crippen LogP contribution in [0.3, 0.4) is 0 Å². The highest BCUT2D eigenvalue weighted by molar-refractivity contribution is 9.10. The predicted molar refractivity (Wildman–Crippen MR) is 56.4 cm³/mol. The van der Waals surface area contributed by atoms with E-state index in [9.17, 15) is 14.4 Å². The zero-order valence-corrected chi connectivity index (χ0v) is 9.50. The zero-order valence-electron chi connectivity index (χ0n) is 7.91. The Morgan fingerprint density at radius 1 is 1.50 bits per heavy atom. The Bertz CT molecular complexity index is 408. The van der Waals surface area contributed by atoms with Crippen molar-refractivity contribution < 1.29 is 4.79 Å². The van der Waals surface area contributed by atoms with Gasteiger partial charge in [-0.05, 0) is 15.9 Å². The average Bonchev–Trinajstić information content (AvgIpc) is 2.22. The molecular formula is C8H11BrN2O3. The van der Waals surface area contributed by atoms with Gasteiger partial charge in [0.25, 0.3) is 5.56 Å². The highest BCUT2D eigenvalue weighted by atomic mass is 79.9. The van der Waals surface area contributed by atoms with Gasteiger partial charge in [-0.25, -0.2) is 4.79 Å². The second-order valence-corrected chi connectivity index (χ2v) is 2.88. The SMILES string of the molecule is CC.O=CCn1c(=O)[nH]cc(Br)c1=O. The summed E-state index contributed by atoms with van der Waals surface area (Å²) in [5.74, 6) is 0. The molecule has 1 aromatic heterocycles. The molecule has 0 spiro atoms. The third-order valence-corrected chi connectivity index (χ3v) is 1.84. The van der Waals surface area contributed by atoms with E-state index in [1.165, 1.54) is 6.20 Å². The zero-order chi connectivity index (χ0) is 11.1. The van der Waals surface area contributed by atoms with Crippen LogP contribution in [-0.2, 0) is 11.3 Å². The third-order valence-electron chi connectivity index (χ3n) is 1.27. The van der Waals surface area contributed by atoms with Crippen LogP contribution >= 0.6 is 15.9 Å². The number of nitrogens with one attached hydrogen (secondary N) is 1. The van der Waals surface area contributed by atoms with E-state index in [2.05, 4.69) is 20.9 Å². The second kappa shape index (κ2) is 6.31. The minimum Gasteiger partial charge on any atom is -0.313 e. The number of aldehydes is 1. The van der Waals surface area contributed by atoms with Crippen molar-refractivity contribution in [1.82, 2.24) is 9.55 Å². The summed E-state index contributed by atoms with van der Waals surface area (Å²) in [6.45, 7) is 3.77.